The maximum Gasteiger partial charge on any atom is 0.325 e. The van der Waals surface area contributed by atoms with Gasteiger partial charge >= 0.3 is 5.97 Å². The van der Waals surface area contributed by atoms with Crippen molar-refractivity contribution < 1.29 is 9.90 Å². The first-order valence-electron chi connectivity index (χ1n) is 4.63. The molecule has 0 aliphatic carbocycles. The molecule has 0 aliphatic rings. The molecule has 6 heteroatoms. The highest BCUT2D eigenvalue weighted by Crippen LogP contribution is 2.17. The summed E-state index contributed by atoms with van der Waals surface area (Å²) in [5.74, 6) is -0.950. The minimum atomic E-state index is -0.950. The van der Waals surface area contributed by atoms with Crippen molar-refractivity contribution in [2.45, 2.75) is 6.54 Å². The van der Waals surface area contributed by atoms with Crippen LogP contribution in [0, 0.1) is 0 Å². The first-order chi connectivity index (χ1) is 7.65. The number of aliphatic carboxylic acids is 1. The molecular weight excluding hydrogens is 208 g/mol. The van der Waals surface area contributed by atoms with Crippen LogP contribution in [0.15, 0.2) is 30.5 Å². The van der Waals surface area contributed by atoms with E-state index in [1.165, 1.54) is 4.68 Å². The average Bonchev–Trinajstić information content (AvgIpc) is 2.66. The first-order valence-corrected chi connectivity index (χ1v) is 4.63. The molecule has 0 unspecified atom stereocenters. The van der Waals surface area contributed by atoms with E-state index in [2.05, 4.69) is 10.3 Å². The quantitative estimate of drug-likeness (QED) is 0.736. The largest absolute Gasteiger partial charge is 0.480 e. The van der Waals surface area contributed by atoms with Gasteiger partial charge in [-0.3, -0.25) is 4.79 Å². The maximum atomic E-state index is 10.5. The van der Waals surface area contributed by atoms with Crippen molar-refractivity contribution >= 4 is 11.7 Å². The number of rotatable bonds is 3. The predicted molar refractivity (Wildman–Crippen MR) is 57.5 cm³/mol. The Bertz CT molecular complexity index is 504. The van der Waals surface area contributed by atoms with Crippen LogP contribution >= 0.6 is 0 Å². The normalized spacial score (nSPS) is 10.2. The van der Waals surface area contributed by atoms with Crippen molar-refractivity contribution in [3.63, 3.8) is 0 Å². The number of nitrogens with two attached hydrogens (primary N) is 1. The van der Waals surface area contributed by atoms with Crippen LogP contribution in [0.4, 0.5) is 5.69 Å². The van der Waals surface area contributed by atoms with Crippen LogP contribution in [0.2, 0.25) is 0 Å². The Kier molecular flexibility index (Phi) is 2.55. The van der Waals surface area contributed by atoms with Crippen LogP contribution in [0.5, 0.6) is 0 Å². The highest BCUT2D eigenvalue weighted by Gasteiger charge is 2.05. The molecule has 2 rings (SSSR count). The maximum absolute atomic E-state index is 10.5. The third-order valence-corrected chi connectivity index (χ3v) is 2.04. The number of carbonyl (C=O) groups is 1. The van der Waals surface area contributed by atoms with Gasteiger partial charge in [0.2, 0.25) is 0 Å². The second kappa shape index (κ2) is 4.01. The topological polar surface area (TPSA) is 94.0 Å². The summed E-state index contributed by atoms with van der Waals surface area (Å²) in [6, 6.07) is 7.13. The minimum Gasteiger partial charge on any atom is -0.480 e. The van der Waals surface area contributed by atoms with Crippen molar-refractivity contribution in [2.24, 2.45) is 0 Å². The zero-order chi connectivity index (χ0) is 11.5. The van der Waals surface area contributed by atoms with E-state index >= 15 is 0 Å². The molecule has 6 nitrogen and oxygen atoms in total. The van der Waals surface area contributed by atoms with Gasteiger partial charge < -0.3 is 10.8 Å². The van der Waals surface area contributed by atoms with Crippen LogP contribution in [-0.2, 0) is 11.3 Å². The van der Waals surface area contributed by atoms with Crippen molar-refractivity contribution in [3.05, 3.63) is 30.5 Å². The number of carboxylic acid groups (broad SMARTS) is 1. The standard InChI is InChI=1S/C10H10N4O2/c11-8-3-1-7(2-4-8)9-5-14(13-12-9)6-10(15)16/h1-5H,6,11H2,(H,15,16). The molecule has 82 valence electrons. The number of nitrogen functional groups attached to an aromatic ring is 1. The summed E-state index contributed by atoms with van der Waals surface area (Å²) in [6.07, 6.45) is 1.58. The molecule has 0 aliphatic heterocycles. The molecule has 3 N–H and O–H groups in total. The molecule has 0 radical (unpaired) electrons. The Hall–Kier alpha value is -2.37. The molecular formula is C10H10N4O2. The van der Waals surface area contributed by atoms with E-state index in [-0.39, 0.29) is 6.54 Å². The number of hydrogen-bond acceptors (Lipinski definition) is 4. The van der Waals surface area contributed by atoms with Crippen LogP contribution in [-0.4, -0.2) is 26.1 Å². The second-order valence-electron chi connectivity index (χ2n) is 3.32. The molecule has 0 amide bonds. The molecule has 0 atom stereocenters. The summed E-state index contributed by atoms with van der Waals surface area (Å²) in [5.41, 5.74) is 7.70. The van der Waals surface area contributed by atoms with Gasteiger partial charge in [-0.25, -0.2) is 4.68 Å². The fraction of sp³-hybridized carbons (Fsp3) is 0.100. The highest BCUT2D eigenvalue weighted by atomic mass is 16.4. The van der Waals surface area contributed by atoms with Crippen molar-refractivity contribution in [1.82, 2.24) is 15.0 Å². The van der Waals surface area contributed by atoms with E-state index in [4.69, 9.17) is 10.8 Å². The molecule has 1 aromatic heterocycles. The summed E-state index contributed by atoms with van der Waals surface area (Å²) < 4.78 is 1.27. The van der Waals surface area contributed by atoms with E-state index < -0.39 is 5.97 Å². The van der Waals surface area contributed by atoms with Gasteiger partial charge in [0.05, 0.1) is 6.20 Å². The summed E-state index contributed by atoms with van der Waals surface area (Å²) >= 11 is 0. The van der Waals surface area contributed by atoms with E-state index in [0.29, 0.717) is 11.4 Å². The SMILES string of the molecule is Nc1ccc(-c2cn(CC(=O)O)nn2)cc1. The van der Waals surface area contributed by atoms with Crippen molar-refractivity contribution in [1.29, 1.82) is 0 Å². The third kappa shape index (κ3) is 2.17. The lowest BCUT2D eigenvalue weighted by Gasteiger charge is -1.96. The zero-order valence-electron chi connectivity index (χ0n) is 8.37. The summed E-state index contributed by atoms with van der Waals surface area (Å²) in [6.45, 7) is -0.192. The number of hydrogen-bond donors (Lipinski definition) is 2. The van der Waals surface area contributed by atoms with Crippen LogP contribution in [0.25, 0.3) is 11.3 Å². The van der Waals surface area contributed by atoms with Gasteiger partial charge in [0.25, 0.3) is 0 Å². The van der Waals surface area contributed by atoms with Gasteiger partial charge in [0.15, 0.2) is 0 Å². The van der Waals surface area contributed by atoms with Gasteiger partial charge in [-0.2, -0.15) is 0 Å². The summed E-state index contributed by atoms with van der Waals surface area (Å²) in [4.78, 5) is 10.5. The molecule has 0 spiro atoms. The van der Waals surface area contributed by atoms with Gasteiger partial charge in [-0.1, -0.05) is 17.3 Å². The van der Waals surface area contributed by atoms with E-state index in [1.807, 2.05) is 12.1 Å². The number of benzene rings is 1. The predicted octanol–water partition coefficient (Wildman–Crippen LogP) is 0.612. The van der Waals surface area contributed by atoms with Crippen molar-refractivity contribution in [2.75, 3.05) is 5.73 Å². The Morgan fingerprint density at radius 3 is 2.69 bits per heavy atom. The lowest BCUT2D eigenvalue weighted by atomic mass is 10.1. The van der Waals surface area contributed by atoms with Gasteiger partial charge in [-0.05, 0) is 12.1 Å². The molecule has 2 aromatic rings. The molecule has 0 bridgehead atoms. The van der Waals surface area contributed by atoms with E-state index in [9.17, 15) is 4.79 Å². The fourth-order valence-corrected chi connectivity index (χ4v) is 1.30. The number of aromatic nitrogens is 3. The van der Waals surface area contributed by atoms with Crippen LogP contribution in [0.3, 0.4) is 0 Å². The van der Waals surface area contributed by atoms with Crippen molar-refractivity contribution in [3.8, 4) is 11.3 Å². The smallest absolute Gasteiger partial charge is 0.325 e. The summed E-state index contributed by atoms with van der Waals surface area (Å²) in [7, 11) is 0. The average molecular weight is 218 g/mol. The first kappa shape index (κ1) is 10.2. The molecule has 1 aromatic carbocycles. The van der Waals surface area contributed by atoms with Gasteiger partial charge in [0, 0.05) is 11.3 Å². The lowest BCUT2D eigenvalue weighted by molar-refractivity contribution is -0.137. The van der Waals surface area contributed by atoms with E-state index in [1.54, 1.807) is 18.3 Å². The number of nitrogens with zero attached hydrogens (tertiary/aromatic N) is 3. The second-order valence-corrected chi connectivity index (χ2v) is 3.32. The molecule has 1 heterocycles. The lowest BCUT2D eigenvalue weighted by Crippen LogP contribution is -2.08. The Morgan fingerprint density at radius 1 is 1.38 bits per heavy atom. The highest BCUT2D eigenvalue weighted by molar-refractivity contribution is 5.67. The molecule has 16 heavy (non-hydrogen) atoms. The monoisotopic (exact) mass is 218 g/mol. The summed E-state index contributed by atoms with van der Waals surface area (Å²) in [5, 5.41) is 16.2. The Morgan fingerprint density at radius 2 is 2.06 bits per heavy atom. The van der Waals surface area contributed by atoms with Gasteiger partial charge in [0.1, 0.15) is 12.2 Å². The third-order valence-electron chi connectivity index (χ3n) is 2.04. The molecule has 0 fully saturated rings. The Labute approximate surface area is 91.3 Å². The zero-order valence-corrected chi connectivity index (χ0v) is 8.37. The minimum absolute atomic E-state index is 0.192. The van der Waals surface area contributed by atoms with Crippen LogP contribution in [0.1, 0.15) is 0 Å². The number of carboxylic acids is 1. The van der Waals surface area contributed by atoms with Gasteiger partial charge in [-0.15, -0.1) is 5.10 Å². The molecule has 0 saturated heterocycles. The fourth-order valence-electron chi connectivity index (χ4n) is 1.30. The molecule has 0 saturated carbocycles. The Balaban J connectivity index is 2.24. The van der Waals surface area contributed by atoms with E-state index in [0.717, 1.165) is 5.56 Å². The van der Waals surface area contributed by atoms with Crippen LogP contribution < -0.4 is 5.73 Å². The number of anilines is 1.